The van der Waals surface area contributed by atoms with Crippen molar-refractivity contribution in [3.8, 4) is 0 Å². The Kier molecular flexibility index (Phi) is 150. The summed E-state index contributed by atoms with van der Waals surface area (Å²) in [6.45, 7) is 0. The van der Waals surface area contributed by atoms with Gasteiger partial charge in [-0.3, -0.25) is 0 Å². The number of hydrogen-bond acceptors (Lipinski definition) is 0. The largest absolute Gasteiger partial charge is 0.412 e. The molecule has 0 fully saturated rings. The molecule has 0 amide bonds. The monoisotopic (exact) mass is 276 g/mol. The molecule has 0 saturated carbocycles. The molecular formula is H2OSnTiZr. The molecule has 0 aromatic rings. The smallest absolute Gasteiger partial charge is 0 e. The molecule has 0 aromatic carbocycles. The topological polar surface area (TPSA) is 31.5 Å². The Labute approximate surface area is 76.2 Å². The van der Waals surface area contributed by atoms with Gasteiger partial charge in [-0.2, -0.15) is 0 Å². The van der Waals surface area contributed by atoms with Gasteiger partial charge >= 0.3 is 0 Å². The van der Waals surface area contributed by atoms with E-state index < -0.39 is 0 Å². The molecule has 2 N–H and O–H groups in total. The van der Waals surface area contributed by atoms with Crippen LogP contribution in [0.1, 0.15) is 0 Å². The maximum atomic E-state index is 0. The SMILES string of the molecule is O.[Sn].[Ti].[Zr]. The van der Waals surface area contributed by atoms with Crippen LogP contribution in [0.2, 0.25) is 0 Å². The fraction of sp³-hybridized carbons (Fsp3) is 0. The van der Waals surface area contributed by atoms with E-state index in [1.807, 2.05) is 0 Å². The maximum Gasteiger partial charge on any atom is 0 e. The molecule has 4 radical (unpaired) electrons. The van der Waals surface area contributed by atoms with Gasteiger partial charge in [0, 0.05) is 71.8 Å². The van der Waals surface area contributed by atoms with Gasteiger partial charge in [0.25, 0.3) is 0 Å². The first kappa shape index (κ1) is 32.8. The van der Waals surface area contributed by atoms with E-state index in [-0.39, 0.29) is 77.3 Å². The Bertz CT molecular complexity index is 8.00. The van der Waals surface area contributed by atoms with Gasteiger partial charge in [0.1, 0.15) is 0 Å². The molecule has 0 saturated heterocycles. The van der Waals surface area contributed by atoms with Crippen molar-refractivity contribution in [1.82, 2.24) is 0 Å². The van der Waals surface area contributed by atoms with Crippen LogP contribution in [0.5, 0.6) is 0 Å². The van der Waals surface area contributed by atoms with Crippen LogP contribution in [0, 0.1) is 0 Å². The summed E-state index contributed by atoms with van der Waals surface area (Å²) in [5.41, 5.74) is 0. The van der Waals surface area contributed by atoms with Gasteiger partial charge in [0.2, 0.25) is 0 Å². The molecule has 0 spiro atoms. The van der Waals surface area contributed by atoms with E-state index >= 15 is 0 Å². The molecular weight excluding hydrogens is 274 g/mol. The van der Waals surface area contributed by atoms with Gasteiger partial charge < -0.3 is 5.48 Å². The Morgan fingerprint density at radius 3 is 1.00 bits per heavy atom. The summed E-state index contributed by atoms with van der Waals surface area (Å²) in [5.74, 6) is 0. The Morgan fingerprint density at radius 1 is 1.00 bits per heavy atom. The van der Waals surface area contributed by atoms with E-state index in [0.29, 0.717) is 0 Å². The van der Waals surface area contributed by atoms with Crippen LogP contribution in [0.4, 0.5) is 0 Å². The third-order valence-corrected chi connectivity index (χ3v) is 0. The quantitative estimate of drug-likeness (QED) is 0.497. The minimum Gasteiger partial charge on any atom is -0.412 e. The number of rotatable bonds is 0. The second-order valence-electron chi connectivity index (χ2n) is 0. The molecule has 1 nitrogen and oxygen atoms in total. The van der Waals surface area contributed by atoms with E-state index in [1.165, 1.54) is 0 Å². The van der Waals surface area contributed by atoms with Gasteiger partial charge in [0.15, 0.2) is 0 Å². The summed E-state index contributed by atoms with van der Waals surface area (Å²) in [6.07, 6.45) is 0. The summed E-state index contributed by atoms with van der Waals surface area (Å²) < 4.78 is 0. The molecule has 0 aromatic heterocycles. The van der Waals surface area contributed by atoms with Gasteiger partial charge in [-0.25, -0.2) is 0 Å². The van der Waals surface area contributed by atoms with Crippen LogP contribution in [0.25, 0.3) is 0 Å². The maximum absolute atomic E-state index is 0. The third-order valence-electron chi connectivity index (χ3n) is 0. The van der Waals surface area contributed by atoms with Crippen LogP contribution in [0.15, 0.2) is 0 Å². The van der Waals surface area contributed by atoms with Crippen LogP contribution in [-0.4, -0.2) is 29.4 Å². The average Bonchev–Trinajstić information content (AvgIpc) is 0. The first-order valence-corrected chi connectivity index (χ1v) is 0. The second-order valence-corrected chi connectivity index (χ2v) is 0. The zero-order valence-corrected chi connectivity index (χ0v) is 8.87. The van der Waals surface area contributed by atoms with Gasteiger partial charge in [-0.1, -0.05) is 0 Å². The Morgan fingerprint density at radius 2 is 1.00 bits per heavy atom. The minimum atomic E-state index is 0. The van der Waals surface area contributed by atoms with Gasteiger partial charge in [-0.15, -0.1) is 0 Å². The molecule has 20 valence electrons. The average molecular weight is 276 g/mol. The van der Waals surface area contributed by atoms with Gasteiger partial charge in [0.05, 0.1) is 0 Å². The van der Waals surface area contributed by atoms with Crippen LogP contribution in [0.3, 0.4) is 0 Å². The predicted octanol–water partition coefficient (Wildman–Crippen LogP) is -1.21. The van der Waals surface area contributed by atoms with Crippen molar-refractivity contribution in [3.05, 3.63) is 0 Å². The Balaban J connectivity index is 0. The van der Waals surface area contributed by atoms with E-state index in [1.54, 1.807) is 0 Å². The van der Waals surface area contributed by atoms with Crippen molar-refractivity contribution in [2.45, 2.75) is 0 Å². The van der Waals surface area contributed by atoms with Crippen molar-refractivity contribution < 1.29 is 53.4 Å². The Hall–Kier alpha value is 2.36. The van der Waals surface area contributed by atoms with E-state index in [9.17, 15) is 0 Å². The van der Waals surface area contributed by atoms with E-state index in [0.717, 1.165) is 0 Å². The second kappa shape index (κ2) is 18.3. The first-order chi connectivity index (χ1) is 0. The third kappa shape index (κ3) is 8.84. The molecule has 4 heavy (non-hydrogen) atoms. The van der Waals surface area contributed by atoms with E-state index in [4.69, 9.17) is 0 Å². The fourth-order valence-electron chi connectivity index (χ4n) is 0. The zero-order chi connectivity index (χ0) is 0. The van der Waals surface area contributed by atoms with Crippen LogP contribution < -0.4 is 0 Å². The minimum absolute atomic E-state index is 0. The molecule has 0 aliphatic heterocycles. The van der Waals surface area contributed by atoms with Crippen molar-refractivity contribution in [2.75, 3.05) is 0 Å². The molecule has 0 bridgehead atoms. The molecule has 0 aliphatic carbocycles. The van der Waals surface area contributed by atoms with Gasteiger partial charge in [-0.05, 0) is 0 Å². The fourth-order valence-corrected chi connectivity index (χ4v) is 0. The van der Waals surface area contributed by atoms with Crippen molar-refractivity contribution in [3.63, 3.8) is 0 Å². The molecule has 0 rings (SSSR count). The zero-order valence-electron chi connectivity index (χ0n) is 2.00. The standard InChI is InChI=1S/H2O.Sn.Ti.Zr/h1H2;;;. The van der Waals surface area contributed by atoms with Crippen molar-refractivity contribution in [1.29, 1.82) is 0 Å². The summed E-state index contributed by atoms with van der Waals surface area (Å²) in [4.78, 5) is 0. The van der Waals surface area contributed by atoms with Crippen LogP contribution in [-0.2, 0) is 47.9 Å². The van der Waals surface area contributed by atoms with Crippen LogP contribution >= 0.6 is 0 Å². The number of hydrogen-bond donors (Lipinski definition) is 0. The first-order valence-electron chi connectivity index (χ1n) is 0. The van der Waals surface area contributed by atoms with Crippen molar-refractivity contribution >= 4 is 23.9 Å². The van der Waals surface area contributed by atoms with Crippen molar-refractivity contribution in [2.24, 2.45) is 0 Å². The molecule has 0 aliphatic rings. The molecule has 0 unspecified atom stereocenters. The predicted molar refractivity (Wildman–Crippen MR) is 9.37 cm³/mol. The summed E-state index contributed by atoms with van der Waals surface area (Å²) in [6, 6.07) is 0. The molecule has 0 heterocycles. The summed E-state index contributed by atoms with van der Waals surface area (Å²) in [5, 5.41) is 0. The summed E-state index contributed by atoms with van der Waals surface area (Å²) in [7, 11) is 0. The summed E-state index contributed by atoms with van der Waals surface area (Å²) >= 11 is 0. The normalized spacial score (nSPS) is 0. The molecule has 4 heteroatoms. The van der Waals surface area contributed by atoms with E-state index in [2.05, 4.69) is 0 Å². The molecule has 0 atom stereocenters.